The minimum atomic E-state index is -6.04. The molecule has 326 valence electrons. The Morgan fingerprint density at radius 1 is 0.578 bits per heavy atom. The van der Waals surface area contributed by atoms with Crippen LogP contribution in [0.1, 0.15) is 111 Å². The number of anilines is 2. The first kappa shape index (κ1) is 42.8. The van der Waals surface area contributed by atoms with E-state index in [1.807, 2.05) is 50.5 Å². The topological polar surface area (TPSA) is 77.9 Å². The van der Waals surface area contributed by atoms with Crippen LogP contribution in [0.4, 0.5) is 37.7 Å². The number of fused-ring (bicyclic) bond motifs is 5. The lowest BCUT2D eigenvalue weighted by Gasteiger charge is -2.39. The van der Waals surface area contributed by atoms with Crippen LogP contribution >= 0.6 is 0 Å². The van der Waals surface area contributed by atoms with Crippen molar-refractivity contribution < 1.29 is 45.8 Å². The molecule has 0 saturated carbocycles. The number of ketones is 2. The van der Waals surface area contributed by atoms with Crippen molar-refractivity contribution in [1.29, 1.82) is 0 Å². The molecular weight excluding hydrogens is 831 g/mol. The summed E-state index contributed by atoms with van der Waals surface area (Å²) in [7, 11) is 3.99. The van der Waals surface area contributed by atoms with Gasteiger partial charge in [-0.15, -0.1) is 0 Å². The molecule has 1 amide bonds. The summed E-state index contributed by atoms with van der Waals surface area (Å²) in [5.41, 5.74) is 0.825. The maximum Gasteiger partial charge on any atom is 0.411 e. The van der Waals surface area contributed by atoms with E-state index in [1.54, 1.807) is 13.8 Å². The number of rotatable bonds is 6. The van der Waals surface area contributed by atoms with Crippen molar-refractivity contribution in [3.8, 4) is 11.1 Å². The maximum absolute atomic E-state index is 15.4. The van der Waals surface area contributed by atoms with Crippen LogP contribution in [0.15, 0.2) is 109 Å². The molecule has 1 heterocycles. The van der Waals surface area contributed by atoms with Gasteiger partial charge in [0, 0.05) is 54.9 Å². The monoisotopic (exact) mass is 872 g/mol. The van der Waals surface area contributed by atoms with Crippen LogP contribution in [0.2, 0.25) is 0 Å². The molecule has 1 N–H and O–H groups in total. The Balaban J connectivity index is 1.20. The van der Waals surface area contributed by atoms with Gasteiger partial charge in [0.25, 0.3) is 5.91 Å². The number of alkyl halides is 6. The molecule has 2 aliphatic carbocycles. The molecular formula is C52H42F6N2O4. The van der Waals surface area contributed by atoms with Gasteiger partial charge in [0.2, 0.25) is 5.41 Å². The first-order chi connectivity index (χ1) is 30.2. The van der Waals surface area contributed by atoms with Gasteiger partial charge in [0.1, 0.15) is 0 Å². The number of halogens is 6. The summed E-state index contributed by atoms with van der Waals surface area (Å²) in [4.78, 5) is 42.7. The van der Waals surface area contributed by atoms with Crippen molar-refractivity contribution in [2.24, 2.45) is 0 Å². The van der Waals surface area contributed by atoms with Crippen LogP contribution in [0.3, 0.4) is 0 Å². The van der Waals surface area contributed by atoms with Crippen molar-refractivity contribution in [3.05, 3.63) is 187 Å². The average molecular weight is 873 g/mol. The van der Waals surface area contributed by atoms with Crippen LogP contribution in [0.5, 0.6) is 0 Å². The van der Waals surface area contributed by atoms with Crippen molar-refractivity contribution in [1.82, 2.24) is 0 Å². The lowest BCUT2D eigenvalue weighted by Crippen LogP contribution is -2.55. The third kappa shape index (κ3) is 5.80. The highest BCUT2D eigenvalue weighted by molar-refractivity contribution is 6.14. The molecule has 0 saturated heterocycles. The second-order valence-electron chi connectivity index (χ2n) is 17.4. The predicted molar refractivity (Wildman–Crippen MR) is 232 cm³/mol. The Hall–Kier alpha value is -6.53. The molecule has 0 bridgehead atoms. The van der Waals surface area contributed by atoms with Crippen LogP contribution in [-0.2, 0) is 10.8 Å². The number of hydrogen-bond acceptors (Lipinski definition) is 5. The van der Waals surface area contributed by atoms with Crippen molar-refractivity contribution >= 4 is 28.8 Å². The Labute approximate surface area is 365 Å². The zero-order valence-corrected chi connectivity index (χ0v) is 35.7. The third-order valence-corrected chi connectivity index (χ3v) is 13.4. The molecule has 0 spiro atoms. The lowest BCUT2D eigenvalue weighted by atomic mass is 9.66. The summed E-state index contributed by atoms with van der Waals surface area (Å²) in [6.07, 6.45) is -14.6. The number of aliphatic hydroxyl groups is 1. The largest absolute Gasteiger partial charge is 0.411 e. The Morgan fingerprint density at radius 3 is 1.53 bits per heavy atom. The highest BCUT2D eigenvalue weighted by Gasteiger charge is 2.73. The van der Waals surface area contributed by atoms with Gasteiger partial charge in [0.05, 0.1) is 11.1 Å². The zero-order chi connectivity index (χ0) is 46.0. The summed E-state index contributed by atoms with van der Waals surface area (Å²) >= 11 is 0. The van der Waals surface area contributed by atoms with Gasteiger partial charge in [-0.3, -0.25) is 19.3 Å². The minimum absolute atomic E-state index is 0.212. The zero-order valence-electron chi connectivity index (χ0n) is 35.7. The van der Waals surface area contributed by atoms with Crippen LogP contribution in [0, 0.1) is 27.7 Å². The van der Waals surface area contributed by atoms with Crippen molar-refractivity contribution in [3.63, 3.8) is 0 Å². The van der Waals surface area contributed by atoms with E-state index in [0.29, 0.717) is 35.4 Å². The molecule has 1 unspecified atom stereocenters. The highest BCUT2D eigenvalue weighted by Crippen LogP contribution is 2.59. The number of benzene rings is 6. The molecule has 6 aromatic rings. The van der Waals surface area contributed by atoms with Gasteiger partial charge in [-0.2, -0.15) is 26.3 Å². The second kappa shape index (κ2) is 14.5. The van der Waals surface area contributed by atoms with Gasteiger partial charge in [-0.25, -0.2) is 0 Å². The number of Topliss-reactive ketones (excluding diaryl/α,β-unsaturated/α-hetero) is 2. The molecule has 9 rings (SSSR count). The van der Waals surface area contributed by atoms with E-state index in [4.69, 9.17) is 0 Å². The van der Waals surface area contributed by atoms with E-state index in [9.17, 15) is 19.5 Å². The smallest absolute Gasteiger partial charge is 0.377 e. The number of aliphatic hydroxyl groups excluding tert-OH is 1. The quantitative estimate of drug-likeness (QED) is 0.168. The Bertz CT molecular complexity index is 2900. The first-order valence-corrected chi connectivity index (χ1v) is 20.8. The second-order valence-corrected chi connectivity index (χ2v) is 17.4. The van der Waals surface area contributed by atoms with Gasteiger partial charge in [0.15, 0.2) is 17.8 Å². The van der Waals surface area contributed by atoms with E-state index in [2.05, 4.69) is 55.1 Å². The molecule has 12 heteroatoms. The van der Waals surface area contributed by atoms with Crippen LogP contribution in [0.25, 0.3) is 11.1 Å². The SMILES string of the molecule is Cc1cc(C2(c3cc(C)c(N4C(=O)c5ccc(C(c6ccc7c(c6)C(=O)CCC7=O)(C(F)(F)F)C(F)(F)F)cc5C4O)c(C)c3)c3ccccc3-c3ccccc32)cc(C)c1N(C)C. The molecule has 64 heavy (non-hydrogen) atoms. The average Bonchev–Trinajstić information content (AvgIpc) is 3.65. The fraction of sp³-hybridized carbons (Fsp3) is 0.250. The fourth-order valence-electron chi connectivity index (χ4n) is 11.0. The first-order valence-electron chi connectivity index (χ1n) is 20.8. The summed E-state index contributed by atoms with van der Waals surface area (Å²) in [6, 6.07) is 28.5. The highest BCUT2D eigenvalue weighted by atomic mass is 19.4. The molecule has 0 fully saturated rings. The number of aryl methyl sites for hydroxylation is 4. The van der Waals surface area contributed by atoms with E-state index in [-0.39, 0.29) is 29.7 Å². The van der Waals surface area contributed by atoms with E-state index in [0.717, 1.165) is 67.2 Å². The summed E-state index contributed by atoms with van der Waals surface area (Å²) in [5, 5.41) is 12.0. The summed E-state index contributed by atoms with van der Waals surface area (Å²) < 4.78 is 92.5. The van der Waals surface area contributed by atoms with Crippen molar-refractivity contribution in [2.75, 3.05) is 23.9 Å². The van der Waals surface area contributed by atoms with Gasteiger partial charge in [-0.1, -0.05) is 91.0 Å². The summed E-state index contributed by atoms with van der Waals surface area (Å²) in [6.45, 7) is 7.65. The predicted octanol–water partition coefficient (Wildman–Crippen LogP) is 11.6. The Morgan fingerprint density at radius 2 is 1.03 bits per heavy atom. The molecule has 6 nitrogen and oxygen atoms in total. The number of amides is 1. The standard InChI is InChI=1S/C52H42F6N2O4/c1-27-21-33(22-28(2)45(27)59(5)6)49(41-13-9-7-11-35(41)36-12-8-10-14-42(36)49)34-23-29(3)46(30(4)24-34)60-47(63)38-18-16-32(26-40(38)48(60)64)50(51(53,54)55,52(56,57)58)31-15-17-37-39(25-31)44(62)20-19-43(37)61/h7-18,21-26,48,64H,19-20H2,1-6H3. The molecule has 6 aromatic carbocycles. The van der Waals surface area contributed by atoms with E-state index >= 15 is 26.3 Å². The number of carbonyl (C=O) groups is 3. The van der Waals surface area contributed by atoms with Gasteiger partial charge in [-0.05, 0) is 113 Å². The Kier molecular flexibility index (Phi) is 9.69. The van der Waals surface area contributed by atoms with Gasteiger partial charge < -0.3 is 10.0 Å². The molecule has 0 radical (unpaired) electrons. The number of carbonyl (C=O) groups excluding carboxylic acids is 3. The van der Waals surface area contributed by atoms with Crippen LogP contribution in [-0.4, -0.2) is 49.0 Å². The van der Waals surface area contributed by atoms with Gasteiger partial charge >= 0.3 is 12.4 Å². The minimum Gasteiger partial charge on any atom is -0.377 e. The molecule has 1 atom stereocenters. The lowest BCUT2D eigenvalue weighted by molar-refractivity contribution is -0.288. The van der Waals surface area contributed by atoms with E-state index < -0.39 is 69.1 Å². The van der Waals surface area contributed by atoms with E-state index in [1.165, 1.54) is 0 Å². The normalized spacial score (nSPS) is 16.7. The number of nitrogens with zero attached hydrogens (tertiary/aromatic N) is 2. The fourth-order valence-corrected chi connectivity index (χ4v) is 11.0. The molecule has 3 aliphatic rings. The van der Waals surface area contributed by atoms with Crippen molar-refractivity contribution in [2.45, 2.75) is 69.9 Å². The number of hydrogen-bond donors (Lipinski definition) is 1. The maximum atomic E-state index is 15.4. The van der Waals surface area contributed by atoms with Crippen LogP contribution < -0.4 is 9.80 Å². The molecule has 0 aromatic heterocycles. The third-order valence-electron chi connectivity index (χ3n) is 13.4. The molecule has 1 aliphatic heterocycles. The summed E-state index contributed by atoms with van der Waals surface area (Å²) in [5.74, 6) is -2.13.